The van der Waals surface area contributed by atoms with Crippen LogP contribution in [0.2, 0.25) is 0 Å². The van der Waals surface area contributed by atoms with E-state index in [1.54, 1.807) is 0 Å². The van der Waals surface area contributed by atoms with Crippen molar-refractivity contribution >= 4 is 11.9 Å². The van der Waals surface area contributed by atoms with Crippen LogP contribution in [0, 0.1) is 0 Å². The zero-order valence-corrected chi connectivity index (χ0v) is 14.8. The summed E-state index contributed by atoms with van der Waals surface area (Å²) in [6, 6.07) is 2.72. The fourth-order valence-corrected chi connectivity index (χ4v) is 2.42. The van der Waals surface area contributed by atoms with Crippen molar-refractivity contribution in [2.24, 2.45) is 0 Å². The first-order chi connectivity index (χ1) is 12.2. The van der Waals surface area contributed by atoms with Crippen LogP contribution >= 0.6 is 0 Å². The second-order valence-electron chi connectivity index (χ2n) is 5.96. The first-order valence-electron chi connectivity index (χ1n) is 8.44. The summed E-state index contributed by atoms with van der Waals surface area (Å²) in [5.41, 5.74) is -0.873. The number of hydrogen-bond donors (Lipinski definition) is 2. The minimum absolute atomic E-state index is 0.00472. The molecule has 0 bridgehead atoms. The van der Waals surface area contributed by atoms with Gasteiger partial charge in [0.2, 0.25) is 0 Å². The molecule has 0 heterocycles. The minimum atomic E-state index is -4.50. The third kappa shape index (κ3) is 6.67. The number of benzene rings is 1. The first-order valence-corrected chi connectivity index (χ1v) is 8.44. The molecular weight excluding hydrogens is 351 g/mol. The largest absolute Gasteiger partial charge is 0.467 e. The van der Waals surface area contributed by atoms with E-state index in [-0.39, 0.29) is 5.56 Å². The molecule has 0 radical (unpaired) electrons. The van der Waals surface area contributed by atoms with Crippen LogP contribution in [0.4, 0.5) is 13.2 Å². The van der Waals surface area contributed by atoms with Gasteiger partial charge in [0, 0.05) is 0 Å². The van der Waals surface area contributed by atoms with Gasteiger partial charge in [0.15, 0.2) is 6.10 Å². The third-order valence-electron chi connectivity index (χ3n) is 3.95. The van der Waals surface area contributed by atoms with Gasteiger partial charge in [0.25, 0.3) is 5.91 Å². The van der Waals surface area contributed by atoms with Crippen LogP contribution in [-0.4, -0.2) is 30.1 Å². The van der Waals surface area contributed by atoms with Gasteiger partial charge in [-0.15, -0.1) is 0 Å². The number of aliphatic hydroxyl groups is 1. The molecule has 0 unspecified atom stereocenters. The molecule has 0 spiro atoms. The molecule has 1 aromatic carbocycles. The highest BCUT2D eigenvalue weighted by Crippen LogP contribution is 2.30. The number of amides is 1. The van der Waals surface area contributed by atoms with Crippen molar-refractivity contribution in [3.05, 3.63) is 35.4 Å². The molecule has 0 fully saturated rings. The summed E-state index contributed by atoms with van der Waals surface area (Å²) in [6.45, 7) is 2.04. The molecule has 1 amide bonds. The number of aliphatic hydroxyl groups excluding tert-OH is 1. The molecule has 0 saturated heterocycles. The highest BCUT2D eigenvalue weighted by atomic mass is 19.4. The zero-order chi connectivity index (χ0) is 19.7. The summed E-state index contributed by atoms with van der Waals surface area (Å²) in [5, 5.41) is 12.5. The van der Waals surface area contributed by atoms with Crippen molar-refractivity contribution < 1.29 is 32.6 Å². The van der Waals surface area contributed by atoms with Gasteiger partial charge in [0.05, 0.1) is 12.7 Å². The Bertz CT molecular complexity index is 587. The molecule has 8 heteroatoms. The van der Waals surface area contributed by atoms with Gasteiger partial charge in [-0.25, -0.2) is 4.79 Å². The molecule has 1 aromatic rings. The number of esters is 1. The number of nitrogens with one attached hydrogen (secondary N) is 1. The van der Waals surface area contributed by atoms with E-state index in [1.165, 1.54) is 7.11 Å². The smallest absolute Gasteiger partial charge is 0.416 e. The van der Waals surface area contributed by atoms with E-state index in [2.05, 4.69) is 10.1 Å². The number of alkyl halides is 3. The number of halogens is 3. The van der Waals surface area contributed by atoms with Crippen molar-refractivity contribution in [2.45, 2.75) is 57.3 Å². The molecule has 0 aromatic heterocycles. The highest BCUT2D eigenvalue weighted by molar-refractivity contribution is 5.87. The number of ether oxygens (including phenoxy) is 1. The van der Waals surface area contributed by atoms with E-state index < -0.39 is 35.8 Å². The Morgan fingerprint density at radius 3 is 2.27 bits per heavy atom. The SMILES string of the molecule is CCCCCC[C@@H](NC(=O)[C@@H](O)c1ccc(C(F)(F)F)cc1)C(=O)OC. The molecule has 0 aliphatic carbocycles. The van der Waals surface area contributed by atoms with Crippen LogP contribution in [0.3, 0.4) is 0 Å². The molecule has 5 nitrogen and oxygen atoms in total. The lowest BCUT2D eigenvalue weighted by Gasteiger charge is -2.19. The Morgan fingerprint density at radius 2 is 1.77 bits per heavy atom. The second kappa shape index (κ2) is 10.2. The Morgan fingerprint density at radius 1 is 1.15 bits per heavy atom. The van der Waals surface area contributed by atoms with Crippen molar-refractivity contribution in [1.29, 1.82) is 0 Å². The lowest BCUT2D eigenvalue weighted by atomic mass is 10.0. The first kappa shape index (κ1) is 22.0. The third-order valence-corrected chi connectivity index (χ3v) is 3.95. The summed E-state index contributed by atoms with van der Waals surface area (Å²) >= 11 is 0. The van der Waals surface area contributed by atoms with Crippen LogP contribution in [0.5, 0.6) is 0 Å². The maximum absolute atomic E-state index is 12.6. The Labute approximate surface area is 150 Å². The van der Waals surface area contributed by atoms with E-state index in [9.17, 15) is 27.9 Å². The fourth-order valence-electron chi connectivity index (χ4n) is 2.42. The van der Waals surface area contributed by atoms with Gasteiger partial charge in [-0.1, -0.05) is 44.7 Å². The minimum Gasteiger partial charge on any atom is -0.467 e. The lowest BCUT2D eigenvalue weighted by Crippen LogP contribution is -2.43. The average Bonchev–Trinajstić information content (AvgIpc) is 2.62. The summed E-state index contributed by atoms with van der Waals surface area (Å²) in [5.74, 6) is -1.50. The number of hydrogen-bond acceptors (Lipinski definition) is 4. The lowest BCUT2D eigenvalue weighted by molar-refractivity contribution is -0.146. The van der Waals surface area contributed by atoms with E-state index in [1.807, 2.05) is 6.92 Å². The Kier molecular flexibility index (Phi) is 8.57. The fraction of sp³-hybridized carbons (Fsp3) is 0.556. The Balaban J connectivity index is 2.73. The van der Waals surface area contributed by atoms with Crippen molar-refractivity contribution in [3.8, 4) is 0 Å². The number of carbonyl (C=O) groups excluding carboxylic acids is 2. The van der Waals surface area contributed by atoms with Gasteiger partial charge in [-0.3, -0.25) is 4.79 Å². The predicted molar refractivity (Wildman–Crippen MR) is 89.1 cm³/mol. The van der Waals surface area contributed by atoms with Gasteiger partial charge in [0.1, 0.15) is 6.04 Å². The van der Waals surface area contributed by atoms with Gasteiger partial charge < -0.3 is 15.2 Å². The Hall–Kier alpha value is -2.09. The van der Waals surface area contributed by atoms with E-state index in [0.717, 1.165) is 43.5 Å². The molecule has 146 valence electrons. The summed E-state index contributed by atoms with van der Waals surface area (Å²) in [4.78, 5) is 23.9. The van der Waals surface area contributed by atoms with Crippen LogP contribution in [-0.2, 0) is 20.5 Å². The number of methoxy groups -OCH3 is 1. The topological polar surface area (TPSA) is 75.6 Å². The van der Waals surface area contributed by atoms with E-state index >= 15 is 0 Å². The number of carbonyl (C=O) groups is 2. The van der Waals surface area contributed by atoms with Crippen molar-refractivity contribution in [1.82, 2.24) is 5.32 Å². The maximum atomic E-state index is 12.6. The maximum Gasteiger partial charge on any atom is 0.416 e. The zero-order valence-electron chi connectivity index (χ0n) is 14.8. The average molecular weight is 375 g/mol. The van der Waals surface area contributed by atoms with Crippen LogP contribution in [0.15, 0.2) is 24.3 Å². The molecule has 0 aliphatic rings. The molecular formula is C18H24F3NO4. The molecule has 26 heavy (non-hydrogen) atoms. The van der Waals surface area contributed by atoms with Gasteiger partial charge in [-0.2, -0.15) is 13.2 Å². The number of rotatable bonds is 9. The van der Waals surface area contributed by atoms with Gasteiger partial charge >= 0.3 is 12.1 Å². The molecule has 0 aliphatic heterocycles. The molecule has 2 N–H and O–H groups in total. The summed E-state index contributed by atoms with van der Waals surface area (Å²) < 4.78 is 42.3. The number of unbranched alkanes of at least 4 members (excludes halogenated alkanes) is 3. The van der Waals surface area contributed by atoms with Gasteiger partial charge in [-0.05, 0) is 24.1 Å². The van der Waals surface area contributed by atoms with Crippen molar-refractivity contribution in [3.63, 3.8) is 0 Å². The standard InChI is InChI=1S/C18H24F3NO4/c1-3-4-5-6-7-14(17(25)26-2)22-16(24)15(23)12-8-10-13(11-9-12)18(19,20)21/h8-11,14-15,23H,3-7H2,1-2H3,(H,22,24)/t14-,15+/m1/s1. The monoisotopic (exact) mass is 375 g/mol. The van der Waals surface area contributed by atoms with Crippen LogP contribution in [0.25, 0.3) is 0 Å². The van der Waals surface area contributed by atoms with E-state index in [4.69, 9.17) is 0 Å². The predicted octanol–water partition coefficient (Wildman–Crippen LogP) is 3.37. The molecule has 2 atom stereocenters. The van der Waals surface area contributed by atoms with Crippen molar-refractivity contribution in [2.75, 3.05) is 7.11 Å². The highest BCUT2D eigenvalue weighted by Gasteiger charge is 2.31. The second-order valence-corrected chi connectivity index (χ2v) is 5.96. The van der Waals surface area contributed by atoms with Crippen LogP contribution in [0.1, 0.15) is 56.3 Å². The summed E-state index contributed by atoms with van der Waals surface area (Å²) in [6.07, 6.45) is -2.22. The normalized spacial score (nSPS) is 13.8. The molecule has 1 rings (SSSR count). The summed E-state index contributed by atoms with van der Waals surface area (Å²) in [7, 11) is 1.19. The van der Waals surface area contributed by atoms with Crippen LogP contribution < -0.4 is 5.32 Å². The quantitative estimate of drug-likeness (QED) is 0.513. The van der Waals surface area contributed by atoms with E-state index in [0.29, 0.717) is 12.8 Å². The molecule has 0 saturated carbocycles.